The normalized spacial score (nSPS) is 14.3. The number of carbonyl (C=O) groups is 1. The summed E-state index contributed by atoms with van der Waals surface area (Å²) in [6, 6.07) is 9.04. The van der Waals surface area contributed by atoms with Crippen molar-refractivity contribution in [3.8, 4) is 11.8 Å². The van der Waals surface area contributed by atoms with Gasteiger partial charge in [0.15, 0.2) is 5.65 Å². The minimum absolute atomic E-state index is 0.0441. The van der Waals surface area contributed by atoms with Gasteiger partial charge in [-0.2, -0.15) is 13.2 Å². The van der Waals surface area contributed by atoms with E-state index in [0.29, 0.717) is 49.0 Å². The van der Waals surface area contributed by atoms with E-state index in [-0.39, 0.29) is 23.4 Å². The molecule has 1 aromatic carbocycles. The van der Waals surface area contributed by atoms with Crippen molar-refractivity contribution in [1.82, 2.24) is 29.4 Å². The molecule has 1 aliphatic heterocycles. The lowest BCUT2D eigenvalue weighted by Crippen LogP contribution is -2.44. The standard InChI is InChI=1S/C30H31F3N8O2/c1-39-10-12-40(13-11-39)20-22-4-5-24(16-26(22)30(31,32)33)37-29(42)23-15-21(17-34-18-23)3-6-25-19-36-28-8-7-27(38-41(25)28)35-9-14-43-2/h4-5,7-8,15-19H,9-14,20H2,1-2H3,(H,35,38)(H,37,42). The number of aromatic nitrogens is 4. The van der Waals surface area contributed by atoms with Crippen molar-refractivity contribution in [3.63, 3.8) is 0 Å². The lowest BCUT2D eigenvalue weighted by molar-refractivity contribution is -0.138. The summed E-state index contributed by atoms with van der Waals surface area (Å²) < 4.78 is 48.5. The second-order valence-corrected chi connectivity index (χ2v) is 10.2. The highest BCUT2D eigenvalue weighted by molar-refractivity contribution is 6.04. The Kier molecular flexibility index (Phi) is 9.20. The molecule has 43 heavy (non-hydrogen) atoms. The quantitative estimate of drug-likeness (QED) is 0.237. The number of amides is 1. The van der Waals surface area contributed by atoms with Crippen LogP contribution in [0.5, 0.6) is 0 Å². The van der Waals surface area contributed by atoms with Crippen LogP contribution in [0, 0.1) is 11.8 Å². The number of rotatable bonds is 8. The molecule has 2 N–H and O–H groups in total. The van der Waals surface area contributed by atoms with Gasteiger partial charge in [0.1, 0.15) is 11.5 Å². The fourth-order valence-corrected chi connectivity index (χ4v) is 4.61. The topological polar surface area (TPSA) is 99.9 Å². The smallest absolute Gasteiger partial charge is 0.383 e. The van der Waals surface area contributed by atoms with Crippen LogP contribution in [0.3, 0.4) is 0 Å². The molecule has 10 nitrogen and oxygen atoms in total. The van der Waals surface area contributed by atoms with Gasteiger partial charge in [-0.1, -0.05) is 12.0 Å². The lowest BCUT2D eigenvalue weighted by Gasteiger charge is -2.33. The highest BCUT2D eigenvalue weighted by Crippen LogP contribution is 2.34. The van der Waals surface area contributed by atoms with Gasteiger partial charge in [0.05, 0.1) is 23.9 Å². The number of nitrogens with zero attached hydrogens (tertiary/aromatic N) is 6. The van der Waals surface area contributed by atoms with Gasteiger partial charge in [0.2, 0.25) is 0 Å². The second kappa shape index (κ2) is 13.2. The molecular weight excluding hydrogens is 561 g/mol. The number of carbonyl (C=O) groups excluding carboxylic acids is 1. The molecule has 1 aliphatic rings. The summed E-state index contributed by atoms with van der Waals surface area (Å²) in [4.78, 5) is 25.5. The van der Waals surface area contributed by atoms with E-state index in [1.54, 1.807) is 23.9 Å². The van der Waals surface area contributed by atoms with Crippen LogP contribution in [-0.2, 0) is 17.5 Å². The number of ether oxygens (including phenoxy) is 1. The fraction of sp³-hybridized carbons (Fsp3) is 0.333. The number of piperazine rings is 1. The number of imidazole rings is 1. The number of benzene rings is 1. The first-order chi connectivity index (χ1) is 20.7. The fourth-order valence-electron chi connectivity index (χ4n) is 4.61. The first-order valence-electron chi connectivity index (χ1n) is 13.7. The summed E-state index contributed by atoms with van der Waals surface area (Å²) >= 11 is 0. The van der Waals surface area contributed by atoms with Crippen molar-refractivity contribution in [2.24, 2.45) is 0 Å². The Labute approximate surface area is 246 Å². The average Bonchev–Trinajstić information content (AvgIpc) is 3.40. The zero-order valence-electron chi connectivity index (χ0n) is 23.8. The zero-order chi connectivity index (χ0) is 30.4. The number of likely N-dealkylation sites (N-methyl/N-ethyl adjacent to an activating group) is 1. The van der Waals surface area contributed by atoms with Crippen molar-refractivity contribution in [3.05, 3.63) is 82.9 Å². The van der Waals surface area contributed by atoms with Crippen LogP contribution >= 0.6 is 0 Å². The third-order valence-electron chi connectivity index (χ3n) is 6.97. The number of hydrogen-bond donors (Lipinski definition) is 2. The summed E-state index contributed by atoms with van der Waals surface area (Å²) in [6.45, 7) is 4.30. The van der Waals surface area contributed by atoms with E-state index in [0.717, 1.165) is 19.2 Å². The molecular formula is C30H31F3N8O2. The monoisotopic (exact) mass is 592 g/mol. The summed E-state index contributed by atoms with van der Waals surface area (Å²) in [5.74, 6) is 5.98. The Morgan fingerprint density at radius 1 is 1.05 bits per heavy atom. The SMILES string of the molecule is COCCNc1ccc2ncc(C#Cc3cncc(C(=O)Nc4ccc(CN5CCN(C)CC5)c(C(F)(F)F)c4)c3)n2n1. The van der Waals surface area contributed by atoms with Crippen LogP contribution in [0.2, 0.25) is 0 Å². The minimum Gasteiger partial charge on any atom is -0.383 e. The van der Waals surface area contributed by atoms with E-state index in [2.05, 4.69) is 42.4 Å². The van der Waals surface area contributed by atoms with E-state index < -0.39 is 17.6 Å². The summed E-state index contributed by atoms with van der Waals surface area (Å²) in [6.07, 6.45) is -0.148. The summed E-state index contributed by atoms with van der Waals surface area (Å²) in [5.41, 5.74) is 1.19. The van der Waals surface area contributed by atoms with Crippen LogP contribution in [0.25, 0.3) is 5.65 Å². The Morgan fingerprint density at radius 3 is 2.63 bits per heavy atom. The Morgan fingerprint density at radius 2 is 1.86 bits per heavy atom. The van der Waals surface area contributed by atoms with Crippen LogP contribution in [0.1, 0.15) is 32.7 Å². The highest BCUT2D eigenvalue weighted by atomic mass is 19.4. The second-order valence-electron chi connectivity index (χ2n) is 10.2. The molecule has 0 spiro atoms. The lowest BCUT2D eigenvalue weighted by atomic mass is 10.0. The first-order valence-corrected chi connectivity index (χ1v) is 13.7. The molecule has 5 rings (SSSR count). The molecule has 1 fully saturated rings. The van der Waals surface area contributed by atoms with Gasteiger partial charge in [-0.05, 0) is 48.9 Å². The van der Waals surface area contributed by atoms with Gasteiger partial charge in [-0.15, -0.1) is 5.10 Å². The number of fused-ring (bicyclic) bond motifs is 1. The van der Waals surface area contributed by atoms with Crippen LogP contribution < -0.4 is 10.6 Å². The van der Waals surface area contributed by atoms with Gasteiger partial charge >= 0.3 is 6.18 Å². The maximum absolute atomic E-state index is 14.0. The maximum atomic E-state index is 14.0. The number of hydrogen-bond acceptors (Lipinski definition) is 8. The van der Waals surface area contributed by atoms with Crippen molar-refractivity contribution in [2.75, 3.05) is 64.1 Å². The largest absolute Gasteiger partial charge is 0.416 e. The molecule has 0 saturated carbocycles. The van der Waals surface area contributed by atoms with Crippen molar-refractivity contribution < 1.29 is 22.7 Å². The average molecular weight is 593 g/mol. The van der Waals surface area contributed by atoms with E-state index in [4.69, 9.17) is 4.74 Å². The molecule has 0 bridgehead atoms. The van der Waals surface area contributed by atoms with E-state index in [1.165, 1.54) is 30.6 Å². The zero-order valence-corrected chi connectivity index (χ0v) is 23.8. The molecule has 4 aromatic rings. The molecule has 4 heterocycles. The van der Waals surface area contributed by atoms with Gasteiger partial charge in [0, 0.05) is 70.0 Å². The molecule has 1 saturated heterocycles. The number of pyridine rings is 1. The van der Waals surface area contributed by atoms with E-state index in [1.807, 2.05) is 18.0 Å². The van der Waals surface area contributed by atoms with Crippen LogP contribution in [-0.4, -0.2) is 88.8 Å². The Bertz CT molecular complexity index is 1650. The minimum atomic E-state index is -4.56. The first kappa shape index (κ1) is 30.0. The van der Waals surface area contributed by atoms with E-state index >= 15 is 0 Å². The molecule has 0 radical (unpaired) electrons. The predicted octanol–water partition coefficient (Wildman–Crippen LogP) is 3.60. The molecule has 1 amide bonds. The maximum Gasteiger partial charge on any atom is 0.416 e. The number of nitrogens with one attached hydrogen (secondary N) is 2. The van der Waals surface area contributed by atoms with E-state index in [9.17, 15) is 18.0 Å². The number of anilines is 2. The van der Waals surface area contributed by atoms with Crippen LogP contribution in [0.15, 0.2) is 55.0 Å². The predicted molar refractivity (Wildman–Crippen MR) is 156 cm³/mol. The highest BCUT2D eigenvalue weighted by Gasteiger charge is 2.34. The van der Waals surface area contributed by atoms with Gasteiger partial charge in [-0.25, -0.2) is 9.50 Å². The number of halogens is 3. The molecule has 0 aliphatic carbocycles. The number of methoxy groups -OCH3 is 1. The molecule has 13 heteroatoms. The molecule has 0 atom stereocenters. The number of alkyl halides is 3. The van der Waals surface area contributed by atoms with Gasteiger partial charge in [-0.3, -0.25) is 14.7 Å². The van der Waals surface area contributed by atoms with Crippen LogP contribution in [0.4, 0.5) is 24.7 Å². The third kappa shape index (κ3) is 7.66. The van der Waals surface area contributed by atoms with Crippen molar-refractivity contribution >= 4 is 23.1 Å². The third-order valence-corrected chi connectivity index (χ3v) is 6.97. The Hall–Kier alpha value is -4.51. The van der Waals surface area contributed by atoms with Crippen molar-refractivity contribution in [1.29, 1.82) is 0 Å². The van der Waals surface area contributed by atoms with Crippen molar-refractivity contribution in [2.45, 2.75) is 12.7 Å². The van der Waals surface area contributed by atoms with Gasteiger partial charge < -0.3 is 20.3 Å². The van der Waals surface area contributed by atoms with Gasteiger partial charge in [0.25, 0.3) is 5.91 Å². The molecule has 0 unspecified atom stereocenters. The molecule has 3 aromatic heterocycles. The summed E-state index contributed by atoms with van der Waals surface area (Å²) in [5, 5.41) is 10.2. The Balaban J connectivity index is 1.30. The summed E-state index contributed by atoms with van der Waals surface area (Å²) in [7, 11) is 3.61. The molecule has 224 valence electrons.